The Morgan fingerprint density at radius 1 is 1.09 bits per heavy atom. The Bertz CT molecular complexity index is 680. The number of hydrogen-bond acceptors (Lipinski definition) is 5. The van der Waals surface area contributed by atoms with Crippen LogP contribution in [0.5, 0.6) is 5.75 Å². The fraction of sp³-hybridized carbons (Fsp3) is 0.222. The molecule has 0 radical (unpaired) electrons. The van der Waals surface area contributed by atoms with Crippen molar-refractivity contribution in [2.45, 2.75) is 12.7 Å². The van der Waals surface area contributed by atoms with Crippen LogP contribution in [0.1, 0.15) is 21.5 Å². The van der Waals surface area contributed by atoms with E-state index in [1.54, 1.807) is 24.3 Å². The summed E-state index contributed by atoms with van der Waals surface area (Å²) in [6.07, 6.45) is 0. The van der Waals surface area contributed by atoms with Gasteiger partial charge in [-0.3, -0.25) is 4.79 Å². The number of aryl methyl sites for hydroxylation is 1. The molecule has 0 atom stereocenters. The van der Waals surface area contributed by atoms with Gasteiger partial charge in [0.05, 0.1) is 18.4 Å². The highest BCUT2D eigenvalue weighted by Gasteiger charge is 2.08. The molecule has 0 amide bonds. The van der Waals surface area contributed by atoms with Crippen LogP contribution in [0.2, 0.25) is 0 Å². The lowest BCUT2D eigenvalue weighted by atomic mass is 10.2. The minimum Gasteiger partial charge on any atom is -0.465 e. The van der Waals surface area contributed by atoms with Crippen molar-refractivity contribution in [3.63, 3.8) is 0 Å². The van der Waals surface area contributed by atoms with Crippen molar-refractivity contribution < 1.29 is 19.1 Å². The predicted molar refractivity (Wildman–Crippen MR) is 90.8 cm³/mol. The van der Waals surface area contributed by atoms with Crippen molar-refractivity contribution in [3.8, 4) is 5.75 Å². The van der Waals surface area contributed by atoms with Crippen LogP contribution in [0.3, 0.4) is 0 Å². The second-order valence-corrected chi connectivity index (χ2v) is 5.96. The third-order valence-corrected chi connectivity index (χ3v) is 4.06. The molecule has 2 aromatic carbocycles. The van der Waals surface area contributed by atoms with E-state index >= 15 is 0 Å². The van der Waals surface area contributed by atoms with E-state index in [0.29, 0.717) is 11.3 Å². The van der Waals surface area contributed by atoms with Gasteiger partial charge in [0.15, 0.2) is 0 Å². The van der Waals surface area contributed by atoms with Crippen molar-refractivity contribution in [1.82, 2.24) is 0 Å². The molecule has 0 fully saturated rings. The molecule has 5 heteroatoms. The highest BCUT2D eigenvalue weighted by molar-refractivity contribution is 7.99. The van der Waals surface area contributed by atoms with Crippen LogP contribution in [0.25, 0.3) is 0 Å². The zero-order valence-electron chi connectivity index (χ0n) is 13.1. The van der Waals surface area contributed by atoms with Gasteiger partial charge in [-0.25, -0.2) is 4.79 Å². The largest absolute Gasteiger partial charge is 0.465 e. The zero-order chi connectivity index (χ0) is 16.7. The number of methoxy groups -OCH3 is 1. The maximum absolute atomic E-state index is 11.8. The molecule has 2 rings (SSSR count). The standard InChI is InChI=1S/C18H18O4S/c1-13-4-3-5-14(10-13)11-23-12-17(19)22-16-8-6-15(7-9-16)18(20)21-2/h3-10H,11-12H2,1-2H3. The molecule has 0 aromatic heterocycles. The van der Waals surface area contributed by atoms with Gasteiger partial charge < -0.3 is 9.47 Å². The fourth-order valence-electron chi connectivity index (χ4n) is 1.99. The molecule has 0 aliphatic carbocycles. The van der Waals surface area contributed by atoms with Crippen LogP contribution in [-0.4, -0.2) is 24.8 Å². The number of hydrogen-bond donors (Lipinski definition) is 0. The second kappa shape index (κ2) is 8.39. The second-order valence-electron chi connectivity index (χ2n) is 4.97. The van der Waals surface area contributed by atoms with Gasteiger partial charge >= 0.3 is 11.9 Å². The van der Waals surface area contributed by atoms with Gasteiger partial charge in [-0.2, -0.15) is 0 Å². The van der Waals surface area contributed by atoms with Crippen molar-refractivity contribution in [3.05, 3.63) is 65.2 Å². The molecule has 0 heterocycles. The zero-order valence-corrected chi connectivity index (χ0v) is 13.9. The molecule has 0 N–H and O–H groups in total. The number of rotatable bonds is 6. The lowest BCUT2D eigenvalue weighted by Gasteiger charge is -2.06. The number of ether oxygens (including phenoxy) is 2. The minimum absolute atomic E-state index is 0.271. The molecule has 0 spiro atoms. The first-order valence-electron chi connectivity index (χ1n) is 7.11. The Hall–Kier alpha value is -2.27. The lowest BCUT2D eigenvalue weighted by Crippen LogP contribution is -2.11. The molecule has 2 aromatic rings. The van der Waals surface area contributed by atoms with Gasteiger partial charge in [0.2, 0.25) is 0 Å². The van der Waals surface area contributed by atoms with Gasteiger partial charge in [0.1, 0.15) is 5.75 Å². The van der Waals surface area contributed by atoms with Crippen molar-refractivity contribution in [1.29, 1.82) is 0 Å². The van der Waals surface area contributed by atoms with E-state index in [4.69, 9.17) is 4.74 Å². The molecule has 0 saturated carbocycles. The van der Waals surface area contributed by atoms with Crippen LogP contribution in [0.15, 0.2) is 48.5 Å². The van der Waals surface area contributed by atoms with Crippen molar-refractivity contribution in [2.75, 3.05) is 12.9 Å². The van der Waals surface area contributed by atoms with Crippen LogP contribution >= 0.6 is 11.8 Å². The predicted octanol–water partition coefficient (Wildman–Crippen LogP) is 3.62. The first-order valence-corrected chi connectivity index (χ1v) is 8.26. The maximum Gasteiger partial charge on any atom is 0.337 e. The van der Waals surface area contributed by atoms with Crippen LogP contribution in [0.4, 0.5) is 0 Å². The van der Waals surface area contributed by atoms with Crippen LogP contribution in [0, 0.1) is 6.92 Å². The summed E-state index contributed by atoms with van der Waals surface area (Å²) in [7, 11) is 1.32. The normalized spacial score (nSPS) is 10.2. The number of carbonyl (C=O) groups excluding carboxylic acids is 2. The topological polar surface area (TPSA) is 52.6 Å². The van der Waals surface area contributed by atoms with Gasteiger partial charge in [-0.15, -0.1) is 11.8 Å². The van der Waals surface area contributed by atoms with E-state index in [1.807, 2.05) is 25.1 Å². The van der Waals surface area contributed by atoms with Gasteiger partial charge in [-0.1, -0.05) is 29.8 Å². The number of esters is 2. The Morgan fingerprint density at radius 2 is 1.83 bits per heavy atom. The van der Waals surface area contributed by atoms with Crippen molar-refractivity contribution >= 4 is 23.7 Å². The summed E-state index contributed by atoms with van der Waals surface area (Å²) in [5, 5.41) is 0. The van der Waals surface area contributed by atoms with E-state index in [1.165, 1.54) is 30.0 Å². The molecular formula is C18H18O4S. The third kappa shape index (κ3) is 5.45. The summed E-state index contributed by atoms with van der Waals surface area (Å²) < 4.78 is 9.84. The van der Waals surface area contributed by atoms with E-state index in [-0.39, 0.29) is 11.7 Å². The molecule has 4 nitrogen and oxygen atoms in total. The first-order chi connectivity index (χ1) is 11.1. The van der Waals surface area contributed by atoms with Crippen LogP contribution < -0.4 is 4.74 Å². The molecule has 23 heavy (non-hydrogen) atoms. The van der Waals surface area contributed by atoms with Crippen molar-refractivity contribution in [2.24, 2.45) is 0 Å². The summed E-state index contributed by atoms with van der Waals surface area (Å²) in [5.74, 6) is 0.717. The Balaban J connectivity index is 1.79. The van der Waals surface area contributed by atoms with E-state index in [0.717, 1.165) is 5.75 Å². The Kier molecular flexibility index (Phi) is 6.23. The summed E-state index contributed by atoms with van der Waals surface area (Å²) in [6, 6.07) is 14.5. The van der Waals surface area contributed by atoms with E-state index in [9.17, 15) is 9.59 Å². The number of carbonyl (C=O) groups is 2. The average molecular weight is 330 g/mol. The summed E-state index contributed by atoms with van der Waals surface area (Å²) in [5.41, 5.74) is 2.81. The fourth-order valence-corrected chi connectivity index (χ4v) is 2.73. The Morgan fingerprint density at radius 3 is 2.48 bits per heavy atom. The molecule has 0 saturated heterocycles. The molecular weight excluding hydrogens is 312 g/mol. The monoisotopic (exact) mass is 330 g/mol. The maximum atomic E-state index is 11.8. The summed E-state index contributed by atoms with van der Waals surface area (Å²) >= 11 is 1.51. The van der Waals surface area contributed by atoms with Crippen LogP contribution in [-0.2, 0) is 15.3 Å². The molecule has 0 bridgehead atoms. The summed E-state index contributed by atoms with van der Waals surface area (Å²) in [6.45, 7) is 2.04. The SMILES string of the molecule is COC(=O)c1ccc(OC(=O)CSCc2cccc(C)c2)cc1. The minimum atomic E-state index is -0.420. The van der Waals surface area contributed by atoms with Gasteiger partial charge in [-0.05, 0) is 36.8 Å². The van der Waals surface area contributed by atoms with Gasteiger partial charge in [0.25, 0.3) is 0 Å². The number of benzene rings is 2. The van der Waals surface area contributed by atoms with E-state index in [2.05, 4.69) is 10.8 Å². The molecule has 0 unspecified atom stereocenters. The smallest absolute Gasteiger partial charge is 0.337 e. The quantitative estimate of drug-likeness (QED) is 0.598. The highest BCUT2D eigenvalue weighted by Crippen LogP contribution is 2.16. The summed E-state index contributed by atoms with van der Waals surface area (Å²) in [4.78, 5) is 23.1. The van der Waals surface area contributed by atoms with E-state index < -0.39 is 5.97 Å². The lowest BCUT2D eigenvalue weighted by molar-refractivity contribution is -0.131. The molecule has 0 aliphatic heterocycles. The van der Waals surface area contributed by atoms with Gasteiger partial charge in [0, 0.05) is 5.75 Å². The average Bonchev–Trinajstić information content (AvgIpc) is 2.55. The Labute approximate surface area is 139 Å². The number of thioether (sulfide) groups is 1. The molecule has 0 aliphatic rings. The first kappa shape index (κ1) is 17.1. The third-order valence-electron chi connectivity index (χ3n) is 3.08. The highest BCUT2D eigenvalue weighted by atomic mass is 32.2. The molecule has 120 valence electrons.